The number of carbonyl (C=O) groups is 2. The van der Waals surface area contributed by atoms with Gasteiger partial charge < -0.3 is 20.5 Å². The Morgan fingerprint density at radius 2 is 1.66 bits per heavy atom. The second-order valence-corrected chi connectivity index (χ2v) is 6.47. The van der Waals surface area contributed by atoms with Gasteiger partial charge in [0.2, 0.25) is 11.8 Å². The van der Waals surface area contributed by atoms with Crippen LogP contribution in [0, 0.1) is 11.7 Å². The van der Waals surface area contributed by atoms with Gasteiger partial charge in [0.1, 0.15) is 17.3 Å². The summed E-state index contributed by atoms with van der Waals surface area (Å²) in [5, 5.41) is 2.45. The van der Waals surface area contributed by atoms with Crippen molar-refractivity contribution in [3.05, 3.63) is 65.5 Å². The average Bonchev–Trinajstić information content (AvgIpc) is 2.70. The first-order chi connectivity index (χ1) is 15.1. The van der Waals surface area contributed by atoms with Crippen LogP contribution in [-0.2, 0) is 16.0 Å². The van der Waals surface area contributed by atoms with Crippen molar-refractivity contribution in [2.45, 2.75) is 19.6 Å². The van der Waals surface area contributed by atoms with Crippen LogP contribution in [0.15, 0.2) is 48.5 Å². The van der Waals surface area contributed by atoms with E-state index >= 15 is 0 Å². The van der Waals surface area contributed by atoms with E-state index in [4.69, 9.17) is 5.73 Å². The van der Waals surface area contributed by atoms with Crippen LogP contribution in [0.4, 0.5) is 22.0 Å². The minimum absolute atomic E-state index is 0.000158. The van der Waals surface area contributed by atoms with Crippen molar-refractivity contribution >= 4 is 17.9 Å². The third kappa shape index (κ3) is 8.25. The fourth-order valence-electron chi connectivity index (χ4n) is 2.65. The fourth-order valence-corrected chi connectivity index (χ4v) is 2.65. The molecule has 0 aliphatic rings. The van der Waals surface area contributed by atoms with Gasteiger partial charge in [0.15, 0.2) is 0 Å². The second-order valence-electron chi connectivity index (χ2n) is 6.47. The number of carbonyl (C=O) groups excluding carboxylic acids is 2. The van der Waals surface area contributed by atoms with Gasteiger partial charge in [-0.25, -0.2) is 4.39 Å². The molecule has 0 bridgehead atoms. The molecule has 6 nitrogen and oxygen atoms in total. The zero-order valence-electron chi connectivity index (χ0n) is 16.4. The normalized spacial score (nSPS) is 12.2. The van der Waals surface area contributed by atoms with Crippen molar-refractivity contribution in [2.24, 2.45) is 11.7 Å². The first-order valence-electron chi connectivity index (χ1n) is 9.17. The maximum absolute atomic E-state index is 13.0. The Kier molecular flexibility index (Phi) is 8.99. The smallest absolute Gasteiger partial charge is 0.387 e. The molecule has 1 atom stereocenters. The van der Waals surface area contributed by atoms with Gasteiger partial charge in [-0.3, -0.25) is 9.59 Å². The van der Waals surface area contributed by atoms with E-state index in [1.54, 1.807) is 0 Å². The molecular formula is C21H19F5N2O4. The number of rotatable bonds is 11. The van der Waals surface area contributed by atoms with Crippen LogP contribution in [0.2, 0.25) is 0 Å². The zero-order valence-corrected chi connectivity index (χ0v) is 16.4. The van der Waals surface area contributed by atoms with Crippen molar-refractivity contribution in [2.75, 3.05) is 6.54 Å². The fraction of sp³-hybridized carbons (Fsp3) is 0.238. The Bertz CT molecular complexity index is 952. The molecule has 1 unspecified atom stereocenters. The highest BCUT2D eigenvalue weighted by molar-refractivity contribution is 5.92. The summed E-state index contributed by atoms with van der Waals surface area (Å²) in [4.78, 5) is 23.7. The third-order valence-corrected chi connectivity index (χ3v) is 4.16. The monoisotopic (exact) mass is 458 g/mol. The summed E-state index contributed by atoms with van der Waals surface area (Å²) >= 11 is 0. The van der Waals surface area contributed by atoms with E-state index in [-0.39, 0.29) is 18.5 Å². The molecule has 3 N–H and O–H groups in total. The van der Waals surface area contributed by atoms with Gasteiger partial charge in [0.25, 0.3) is 0 Å². The Balaban J connectivity index is 2.03. The van der Waals surface area contributed by atoms with Crippen LogP contribution in [0.25, 0.3) is 6.08 Å². The van der Waals surface area contributed by atoms with Gasteiger partial charge in [0, 0.05) is 24.3 Å². The molecule has 11 heteroatoms. The molecule has 0 spiro atoms. The van der Waals surface area contributed by atoms with Gasteiger partial charge in [-0.2, -0.15) is 17.6 Å². The number of alkyl halides is 4. The molecule has 32 heavy (non-hydrogen) atoms. The van der Waals surface area contributed by atoms with E-state index in [0.717, 1.165) is 30.4 Å². The quantitative estimate of drug-likeness (QED) is 0.398. The van der Waals surface area contributed by atoms with Crippen LogP contribution in [0.1, 0.15) is 11.1 Å². The van der Waals surface area contributed by atoms with Crippen LogP contribution in [-0.4, -0.2) is 31.6 Å². The molecule has 0 fully saturated rings. The predicted octanol–water partition coefficient (Wildman–Crippen LogP) is 3.50. The highest BCUT2D eigenvalue weighted by atomic mass is 19.3. The summed E-state index contributed by atoms with van der Waals surface area (Å²) in [6, 6.07) is 8.50. The average molecular weight is 458 g/mol. The molecule has 0 saturated heterocycles. The summed E-state index contributed by atoms with van der Waals surface area (Å²) < 4.78 is 71.2. The molecule has 2 rings (SSSR count). The molecule has 0 aliphatic heterocycles. The van der Waals surface area contributed by atoms with Crippen molar-refractivity contribution in [3.63, 3.8) is 0 Å². The molecule has 0 heterocycles. The number of ether oxygens (including phenoxy) is 2. The van der Waals surface area contributed by atoms with Crippen molar-refractivity contribution in [1.82, 2.24) is 5.32 Å². The molecule has 0 aliphatic carbocycles. The summed E-state index contributed by atoms with van der Waals surface area (Å²) in [5.74, 6) is -3.45. The van der Waals surface area contributed by atoms with Crippen LogP contribution in [0.5, 0.6) is 11.5 Å². The molecule has 2 amide bonds. The standard InChI is InChI=1S/C21H19F5N2O4/c22-15-5-1-12(2-6-15)9-14(19(27)30)11-28-18(29)8-4-13-3-7-16(31-20(23)24)10-17(13)32-21(25)26/h1-8,10,14,20-21H,9,11H2,(H2,27,30)(H,28,29)/b8-4+. The molecule has 0 radical (unpaired) electrons. The Morgan fingerprint density at radius 1 is 1.00 bits per heavy atom. The molecule has 2 aromatic carbocycles. The van der Waals surface area contributed by atoms with Gasteiger partial charge in [-0.15, -0.1) is 0 Å². The highest BCUT2D eigenvalue weighted by Gasteiger charge is 2.17. The van der Waals surface area contributed by atoms with E-state index in [1.807, 2.05) is 0 Å². The molecule has 0 aromatic heterocycles. The third-order valence-electron chi connectivity index (χ3n) is 4.16. The number of benzene rings is 2. The van der Waals surface area contributed by atoms with Crippen LogP contribution in [0.3, 0.4) is 0 Å². The molecule has 172 valence electrons. The number of nitrogens with two attached hydrogens (primary N) is 1. The minimum atomic E-state index is -3.24. The number of amides is 2. The highest BCUT2D eigenvalue weighted by Crippen LogP contribution is 2.28. The van der Waals surface area contributed by atoms with Gasteiger partial charge >= 0.3 is 13.2 Å². The maximum atomic E-state index is 13.0. The largest absolute Gasteiger partial charge is 0.435 e. The lowest BCUT2D eigenvalue weighted by atomic mass is 9.98. The summed E-state index contributed by atoms with van der Waals surface area (Å²) in [5.41, 5.74) is 5.98. The van der Waals surface area contributed by atoms with Crippen molar-refractivity contribution < 1.29 is 41.0 Å². The van der Waals surface area contributed by atoms with E-state index in [2.05, 4.69) is 14.8 Å². The predicted molar refractivity (Wildman–Crippen MR) is 105 cm³/mol. The van der Waals surface area contributed by atoms with Crippen molar-refractivity contribution in [1.29, 1.82) is 0 Å². The minimum Gasteiger partial charge on any atom is -0.435 e. The van der Waals surface area contributed by atoms with Gasteiger partial charge in [-0.05, 0) is 42.3 Å². The molecular weight excluding hydrogens is 439 g/mol. The van der Waals surface area contributed by atoms with E-state index in [1.165, 1.54) is 24.3 Å². The number of primary amides is 1. The van der Waals surface area contributed by atoms with Crippen LogP contribution < -0.4 is 20.5 Å². The van der Waals surface area contributed by atoms with E-state index < -0.39 is 48.3 Å². The summed E-state index contributed by atoms with van der Waals surface area (Å²) in [7, 11) is 0. The number of hydrogen-bond donors (Lipinski definition) is 2. The Labute approximate surface area is 179 Å². The Hall–Kier alpha value is -3.63. The molecule has 2 aromatic rings. The SMILES string of the molecule is NC(=O)C(CNC(=O)/C=C/c1ccc(OC(F)F)cc1OC(F)F)Cc1ccc(F)cc1. The second kappa shape index (κ2) is 11.7. The van der Waals surface area contributed by atoms with E-state index in [0.29, 0.717) is 5.56 Å². The zero-order chi connectivity index (χ0) is 23.7. The lowest BCUT2D eigenvalue weighted by molar-refractivity contribution is -0.122. The number of halogens is 5. The topological polar surface area (TPSA) is 90.7 Å². The van der Waals surface area contributed by atoms with Crippen LogP contribution >= 0.6 is 0 Å². The van der Waals surface area contributed by atoms with E-state index in [9.17, 15) is 31.5 Å². The first kappa shape index (κ1) is 24.6. The molecule has 0 saturated carbocycles. The number of nitrogens with one attached hydrogen (secondary N) is 1. The summed E-state index contributed by atoms with van der Waals surface area (Å²) in [6.07, 6.45) is 2.27. The first-order valence-corrected chi connectivity index (χ1v) is 9.17. The van der Waals surface area contributed by atoms with Gasteiger partial charge in [-0.1, -0.05) is 12.1 Å². The lowest BCUT2D eigenvalue weighted by Crippen LogP contribution is -2.36. The number of hydrogen-bond acceptors (Lipinski definition) is 4. The lowest BCUT2D eigenvalue weighted by Gasteiger charge is -2.14. The van der Waals surface area contributed by atoms with Crippen molar-refractivity contribution in [3.8, 4) is 11.5 Å². The maximum Gasteiger partial charge on any atom is 0.387 e. The van der Waals surface area contributed by atoms with Gasteiger partial charge in [0.05, 0.1) is 5.92 Å². The Morgan fingerprint density at radius 3 is 2.25 bits per heavy atom. The summed E-state index contributed by atoms with van der Waals surface area (Å²) in [6.45, 7) is -6.52.